The third-order valence-corrected chi connectivity index (χ3v) is 6.57. The van der Waals surface area contributed by atoms with Crippen molar-refractivity contribution in [3.8, 4) is 0 Å². The highest BCUT2D eigenvalue weighted by atomic mass is 19.4. The van der Waals surface area contributed by atoms with Crippen LogP contribution in [0, 0.1) is 5.92 Å². The van der Waals surface area contributed by atoms with Gasteiger partial charge < -0.3 is 19.5 Å². The molecule has 1 fully saturated rings. The van der Waals surface area contributed by atoms with Gasteiger partial charge >= 0.3 is 6.18 Å². The summed E-state index contributed by atoms with van der Waals surface area (Å²) in [5.74, 6) is -0.603. The summed E-state index contributed by atoms with van der Waals surface area (Å²) >= 11 is 0. The van der Waals surface area contributed by atoms with Gasteiger partial charge in [0.15, 0.2) is 0 Å². The molecule has 2 aromatic rings. The third kappa shape index (κ3) is 4.68. The summed E-state index contributed by atoms with van der Waals surface area (Å²) in [6, 6.07) is 3.47. The Morgan fingerprint density at radius 2 is 2.00 bits per heavy atom. The lowest BCUT2D eigenvalue weighted by molar-refractivity contribution is -0.141. The molecule has 184 valence electrons. The van der Waals surface area contributed by atoms with E-state index >= 15 is 0 Å². The molecule has 4 rings (SSSR count). The number of fused-ring (bicyclic) bond motifs is 1. The summed E-state index contributed by atoms with van der Waals surface area (Å²) in [5.41, 5.74) is 0.991. The van der Waals surface area contributed by atoms with Gasteiger partial charge in [-0.15, -0.1) is 0 Å². The molecule has 0 spiro atoms. The highest BCUT2D eigenvalue weighted by molar-refractivity contribution is 6.01. The second-order valence-electron chi connectivity index (χ2n) is 9.25. The van der Waals surface area contributed by atoms with Crippen LogP contribution in [0.3, 0.4) is 0 Å². The fourth-order valence-electron chi connectivity index (χ4n) is 4.69. The first kappa shape index (κ1) is 24.3. The fraction of sp³-hybridized carbons (Fsp3) is 0.542. The van der Waals surface area contributed by atoms with E-state index in [1.54, 1.807) is 6.07 Å². The van der Waals surface area contributed by atoms with E-state index in [2.05, 4.69) is 10.3 Å². The highest BCUT2D eigenvalue weighted by Gasteiger charge is 2.34. The number of hydrogen-bond acceptors (Lipinski definition) is 4. The lowest BCUT2D eigenvalue weighted by Gasteiger charge is -2.25. The molecule has 2 aromatic heterocycles. The van der Waals surface area contributed by atoms with E-state index in [0.717, 1.165) is 25.1 Å². The summed E-state index contributed by atoms with van der Waals surface area (Å²) in [6.07, 6.45) is -1.48. The van der Waals surface area contributed by atoms with E-state index in [1.165, 1.54) is 6.07 Å². The van der Waals surface area contributed by atoms with Crippen LogP contribution in [0.4, 0.5) is 13.2 Å². The average Bonchev–Trinajstić information content (AvgIpc) is 3.40. The molecule has 1 N–H and O–H groups in total. The highest BCUT2D eigenvalue weighted by Crippen LogP contribution is 2.30. The molecule has 1 saturated heterocycles. The van der Waals surface area contributed by atoms with Gasteiger partial charge in [0.05, 0.1) is 30.5 Å². The molecule has 0 saturated carbocycles. The number of alkyl halides is 3. The molecule has 4 heterocycles. The first-order valence-electron chi connectivity index (χ1n) is 11.5. The summed E-state index contributed by atoms with van der Waals surface area (Å²) in [5, 5.41) is 2.94. The summed E-state index contributed by atoms with van der Waals surface area (Å²) in [6.45, 7) is 7.54. The van der Waals surface area contributed by atoms with Crippen LogP contribution < -0.4 is 5.32 Å². The van der Waals surface area contributed by atoms with Crippen molar-refractivity contribution >= 4 is 11.8 Å². The van der Waals surface area contributed by atoms with E-state index in [4.69, 9.17) is 4.74 Å². The number of nitrogens with one attached hydrogen (secondary N) is 1. The molecule has 0 aromatic carbocycles. The number of nitrogens with zero attached hydrogens (tertiary/aromatic N) is 3. The molecular formula is C24H29F3N4O3. The Labute approximate surface area is 196 Å². The van der Waals surface area contributed by atoms with Crippen LogP contribution in [0.15, 0.2) is 24.4 Å². The minimum absolute atomic E-state index is 0.104. The molecule has 2 aliphatic rings. The number of pyridine rings is 1. The Morgan fingerprint density at radius 1 is 1.24 bits per heavy atom. The van der Waals surface area contributed by atoms with Crippen LogP contribution >= 0.6 is 0 Å². The maximum Gasteiger partial charge on any atom is 0.433 e. The monoisotopic (exact) mass is 478 g/mol. The molecule has 0 bridgehead atoms. The molecule has 2 aliphatic heterocycles. The first-order valence-corrected chi connectivity index (χ1v) is 11.5. The topological polar surface area (TPSA) is 76.5 Å². The number of amides is 2. The second kappa shape index (κ2) is 9.40. The Kier molecular flexibility index (Phi) is 6.71. The molecule has 0 radical (unpaired) electrons. The quantitative estimate of drug-likeness (QED) is 0.700. The lowest BCUT2D eigenvalue weighted by Crippen LogP contribution is -2.34. The molecule has 0 aliphatic carbocycles. The summed E-state index contributed by atoms with van der Waals surface area (Å²) in [4.78, 5) is 32.0. The third-order valence-electron chi connectivity index (χ3n) is 6.57. The van der Waals surface area contributed by atoms with Crippen LogP contribution in [0.25, 0.3) is 0 Å². The lowest BCUT2D eigenvalue weighted by atomic mass is 9.97. The molecule has 10 heteroatoms. The minimum atomic E-state index is -4.53. The fourth-order valence-corrected chi connectivity index (χ4v) is 4.69. The first-order chi connectivity index (χ1) is 16.1. The predicted molar refractivity (Wildman–Crippen MR) is 118 cm³/mol. The standard InChI is InChI=1S/C24H29F3N4O3/c1-14(2)21(16-6-7-20(28-12-16)24(25,26)27)29-22(32)18-11-17(19-13-34-10-9-31(18)19)23(33)30-8-4-5-15(30)3/h6-7,11-12,14-15,21H,4-5,8-10,13H2,1-3H3,(H,29,32)/t15-,21+/m0/s1. The Bertz CT molecular complexity index is 1060. The maximum absolute atomic E-state index is 13.4. The number of halogens is 3. The van der Waals surface area contributed by atoms with E-state index in [0.29, 0.717) is 42.2 Å². The minimum Gasteiger partial charge on any atom is -0.373 e. The van der Waals surface area contributed by atoms with Gasteiger partial charge in [0, 0.05) is 25.3 Å². The number of aromatic nitrogens is 2. The van der Waals surface area contributed by atoms with Gasteiger partial charge in [-0.1, -0.05) is 19.9 Å². The average molecular weight is 479 g/mol. The van der Waals surface area contributed by atoms with E-state index in [9.17, 15) is 22.8 Å². The van der Waals surface area contributed by atoms with Crippen molar-refractivity contribution in [2.75, 3.05) is 13.2 Å². The van der Waals surface area contributed by atoms with Gasteiger partial charge in [-0.2, -0.15) is 13.2 Å². The number of rotatable bonds is 5. The van der Waals surface area contributed by atoms with Crippen molar-refractivity contribution in [2.45, 2.75) is 65.0 Å². The normalized spacial score (nSPS) is 19.3. The number of likely N-dealkylation sites (tertiary alicyclic amines) is 1. The molecule has 2 amide bonds. The Hall–Kier alpha value is -2.88. The van der Waals surface area contributed by atoms with Crippen molar-refractivity contribution < 1.29 is 27.5 Å². The van der Waals surface area contributed by atoms with Gasteiger partial charge in [0.1, 0.15) is 11.4 Å². The number of ether oxygens (including phenoxy) is 1. The van der Waals surface area contributed by atoms with E-state index < -0.39 is 23.8 Å². The van der Waals surface area contributed by atoms with Crippen LogP contribution in [-0.4, -0.2) is 45.5 Å². The molecule has 34 heavy (non-hydrogen) atoms. The van der Waals surface area contributed by atoms with Crippen LogP contribution in [0.5, 0.6) is 0 Å². The van der Waals surface area contributed by atoms with Crippen molar-refractivity contribution in [2.24, 2.45) is 5.92 Å². The summed E-state index contributed by atoms with van der Waals surface area (Å²) < 4.78 is 46.1. The maximum atomic E-state index is 13.4. The SMILES string of the molecule is CC(C)[C@@H](NC(=O)c1cc(C(=O)N2CCC[C@@H]2C)c2n1CCOC2)c1ccc(C(F)(F)F)nc1. The second-order valence-corrected chi connectivity index (χ2v) is 9.25. The largest absolute Gasteiger partial charge is 0.433 e. The molecular weight excluding hydrogens is 449 g/mol. The number of carbonyl (C=O) groups is 2. The predicted octanol–water partition coefficient (Wildman–Crippen LogP) is 4.18. The van der Waals surface area contributed by atoms with Crippen molar-refractivity contribution in [3.63, 3.8) is 0 Å². The van der Waals surface area contributed by atoms with Gasteiger partial charge in [0.25, 0.3) is 11.8 Å². The van der Waals surface area contributed by atoms with Crippen molar-refractivity contribution in [1.82, 2.24) is 19.8 Å². The van der Waals surface area contributed by atoms with Crippen LogP contribution in [0.1, 0.15) is 77.5 Å². The summed E-state index contributed by atoms with van der Waals surface area (Å²) in [7, 11) is 0. The Morgan fingerprint density at radius 3 is 2.59 bits per heavy atom. The number of hydrogen-bond donors (Lipinski definition) is 1. The number of carbonyl (C=O) groups excluding carboxylic acids is 2. The van der Waals surface area contributed by atoms with Gasteiger partial charge in [-0.05, 0) is 43.4 Å². The zero-order valence-electron chi connectivity index (χ0n) is 19.5. The molecule has 0 unspecified atom stereocenters. The van der Waals surface area contributed by atoms with Crippen molar-refractivity contribution in [3.05, 3.63) is 52.6 Å². The van der Waals surface area contributed by atoms with Gasteiger partial charge in [0.2, 0.25) is 0 Å². The molecule has 7 nitrogen and oxygen atoms in total. The zero-order chi connectivity index (χ0) is 24.6. The zero-order valence-corrected chi connectivity index (χ0v) is 19.5. The van der Waals surface area contributed by atoms with Gasteiger partial charge in [-0.25, -0.2) is 0 Å². The van der Waals surface area contributed by atoms with Crippen LogP contribution in [-0.2, 0) is 24.1 Å². The smallest absolute Gasteiger partial charge is 0.373 e. The van der Waals surface area contributed by atoms with E-state index in [-0.39, 0.29) is 24.5 Å². The van der Waals surface area contributed by atoms with Crippen molar-refractivity contribution in [1.29, 1.82) is 0 Å². The van der Waals surface area contributed by atoms with Gasteiger partial charge in [-0.3, -0.25) is 14.6 Å². The van der Waals surface area contributed by atoms with Crippen LogP contribution in [0.2, 0.25) is 0 Å². The van der Waals surface area contributed by atoms with E-state index in [1.807, 2.05) is 30.2 Å². The molecule has 2 atom stereocenters. The Balaban J connectivity index is 1.61.